The van der Waals surface area contributed by atoms with Crippen molar-refractivity contribution in [1.29, 1.82) is 0 Å². The number of nitrogens with zero attached hydrogens (tertiary/aromatic N) is 2. The van der Waals surface area contributed by atoms with Crippen LogP contribution in [0.4, 0.5) is 5.69 Å². The molecule has 2 aromatic rings. The summed E-state index contributed by atoms with van der Waals surface area (Å²) < 4.78 is 5.40. The first kappa shape index (κ1) is 13.2. The van der Waals surface area contributed by atoms with Gasteiger partial charge in [-0.25, -0.2) is 4.98 Å². The lowest BCUT2D eigenvalue weighted by molar-refractivity contribution is 0.327. The minimum absolute atomic E-state index is 0.464. The lowest BCUT2D eigenvalue weighted by atomic mass is 10.1. The Labute approximate surface area is 122 Å². The number of nitrogen functional groups attached to an aromatic ring is 1. The van der Waals surface area contributed by atoms with Gasteiger partial charge in [0, 0.05) is 4.90 Å². The Morgan fingerprint density at radius 2 is 2.10 bits per heavy atom. The molecule has 0 aliphatic heterocycles. The number of hydrogen-bond donors (Lipinski definition) is 1. The highest BCUT2D eigenvalue weighted by Crippen LogP contribution is 2.35. The molecule has 0 amide bonds. The Hall–Kier alpha value is -1.75. The second-order valence-electron chi connectivity index (χ2n) is 4.72. The number of fused-ring (bicyclic) bond motifs is 1. The highest BCUT2D eigenvalue weighted by Gasteiger charge is 2.14. The van der Waals surface area contributed by atoms with E-state index in [1.807, 2.05) is 6.92 Å². The molecule has 1 heterocycles. The van der Waals surface area contributed by atoms with Gasteiger partial charge in [0.25, 0.3) is 0 Å². The molecule has 0 radical (unpaired) electrons. The van der Waals surface area contributed by atoms with Crippen molar-refractivity contribution in [3.8, 4) is 5.88 Å². The number of benzene rings is 1. The van der Waals surface area contributed by atoms with Gasteiger partial charge in [0.1, 0.15) is 17.0 Å². The van der Waals surface area contributed by atoms with Crippen LogP contribution in [0.25, 0.3) is 0 Å². The molecule has 104 valence electrons. The van der Waals surface area contributed by atoms with E-state index in [4.69, 9.17) is 10.5 Å². The van der Waals surface area contributed by atoms with Crippen LogP contribution in [0.2, 0.25) is 0 Å². The predicted molar refractivity (Wildman–Crippen MR) is 80.2 cm³/mol. The maximum atomic E-state index is 6.06. The predicted octanol–water partition coefficient (Wildman–Crippen LogP) is 3.10. The molecule has 0 unspecified atom stereocenters. The van der Waals surface area contributed by atoms with Crippen molar-refractivity contribution in [2.75, 3.05) is 12.3 Å². The maximum Gasteiger partial charge on any atom is 0.241 e. The van der Waals surface area contributed by atoms with Crippen LogP contribution in [-0.4, -0.2) is 16.6 Å². The number of hydrogen-bond acceptors (Lipinski definition) is 5. The molecule has 20 heavy (non-hydrogen) atoms. The van der Waals surface area contributed by atoms with Gasteiger partial charge in [0.15, 0.2) is 0 Å². The van der Waals surface area contributed by atoms with Crippen molar-refractivity contribution in [1.82, 2.24) is 9.97 Å². The number of aromatic nitrogens is 2. The molecule has 2 N–H and O–H groups in total. The van der Waals surface area contributed by atoms with E-state index in [0.29, 0.717) is 18.2 Å². The zero-order chi connectivity index (χ0) is 13.9. The van der Waals surface area contributed by atoms with Gasteiger partial charge in [-0.1, -0.05) is 17.8 Å². The van der Waals surface area contributed by atoms with Gasteiger partial charge in [0.2, 0.25) is 5.88 Å². The minimum Gasteiger partial charge on any atom is -0.476 e. The molecule has 1 aliphatic rings. The summed E-state index contributed by atoms with van der Waals surface area (Å²) in [5.41, 5.74) is 9.50. The van der Waals surface area contributed by atoms with Crippen LogP contribution in [0.15, 0.2) is 34.4 Å². The average Bonchev–Trinajstić information content (AvgIpc) is 2.91. The van der Waals surface area contributed by atoms with Crippen LogP contribution < -0.4 is 10.5 Å². The number of rotatable bonds is 4. The summed E-state index contributed by atoms with van der Waals surface area (Å²) in [5, 5.41) is 0.751. The molecule has 0 saturated carbocycles. The van der Waals surface area contributed by atoms with Crippen molar-refractivity contribution in [3.05, 3.63) is 35.7 Å². The van der Waals surface area contributed by atoms with Gasteiger partial charge >= 0.3 is 0 Å². The number of anilines is 1. The zero-order valence-corrected chi connectivity index (χ0v) is 12.2. The lowest BCUT2D eigenvalue weighted by Gasteiger charge is -2.09. The van der Waals surface area contributed by atoms with Crippen molar-refractivity contribution < 1.29 is 4.74 Å². The Kier molecular flexibility index (Phi) is 3.78. The smallest absolute Gasteiger partial charge is 0.241 e. The van der Waals surface area contributed by atoms with Crippen molar-refractivity contribution >= 4 is 17.4 Å². The van der Waals surface area contributed by atoms with Gasteiger partial charge in [-0.15, -0.1) is 0 Å². The van der Waals surface area contributed by atoms with E-state index < -0.39 is 0 Å². The van der Waals surface area contributed by atoms with Gasteiger partial charge in [0.05, 0.1) is 6.61 Å². The molecule has 1 aliphatic carbocycles. The van der Waals surface area contributed by atoms with Crippen molar-refractivity contribution in [3.63, 3.8) is 0 Å². The van der Waals surface area contributed by atoms with Gasteiger partial charge in [-0.2, -0.15) is 4.98 Å². The number of nitrogens with two attached hydrogens (primary N) is 1. The van der Waals surface area contributed by atoms with E-state index in [1.54, 1.807) is 11.8 Å². The highest BCUT2D eigenvalue weighted by molar-refractivity contribution is 7.99. The summed E-state index contributed by atoms with van der Waals surface area (Å²) in [6.45, 7) is 2.46. The molecule has 1 aromatic carbocycles. The average molecular weight is 287 g/mol. The molecule has 0 spiro atoms. The molecule has 3 rings (SSSR count). The summed E-state index contributed by atoms with van der Waals surface area (Å²) >= 11 is 1.56. The SMILES string of the molecule is CCOc1ncnc(Sc2ccc3c(c2)CCC3)c1N. The third-order valence-electron chi connectivity index (χ3n) is 3.38. The van der Waals surface area contributed by atoms with Crippen LogP contribution in [0.5, 0.6) is 5.88 Å². The zero-order valence-electron chi connectivity index (χ0n) is 11.4. The van der Waals surface area contributed by atoms with Crippen LogP contribution in [0.3, 0.4) is 0 Å². The number of aryl methyl sites for hydroxylation is 2. The van der Waals surface area contributed by atoms with E-state index in [-0.39, 0.29) is 0 Å². The van der Waals surface area contributed by atoms with Gasteiger partial charge in [-0.05, 0) is 49.4 Å². The third kappa shape index (κ3) is 2.58. The molecular formula is C15H17N3OS. The van der Waals surface area contributed by atoms with E-state index in [1.165, 1.54) is 41.6 Å². The van der Waals surface area contributed by atoms with Crippen LogP contribution in [-0.2, 0) is 12.8 Å². The molecule has 0 saturated heterocycles. The minimum atomic E-state index is 0.464. The van der Waals surface area contributed by atoms with E-state index in [2.05, 4.69) is 28.2 Å². The molecule has 4 nitrogen and oxygen atoms in total. The van der Waals surface area contributed by atoms with Crippen molar-refractivity contribution in [2.24, 2.45) is 0 Å². The van der Waals surface area contributed by atoms with Crippen LogP contribution >= 0.6 is 11.8 Å². The number of ether oxygens (including phenoxy) is 1. The molecule has 5 heteroatoms. The van der Waals surface area contributed by atoms with Crippen molar-refractivity contribution in [2.45, 2.75) is 36.1 Å². The maximum absolute atomic E-state index is 6.06. The topological polar surface area (TPSA) is 61.0 Å². The van der Waals surface area contributed by atoms with E-state index in [9.17, 15) is 0 Å². The fourth-order valence-corrected chi connectivity index (χ4v) is 3.28. The monoisotopic (exact) mass is 287 g/mol. The quantitative estimate of drug-likeness (QED) is 0.876. The van der Waals surface area contributed by atoms with Crippen LogP contribution in [0.1, 0.15) is 24.5 Å². The fourth-order valence-electron chi connectivity index (χ4n) is 2.42. The summed E-state index contributed by atoms with van der Waals surface area (Å²) in [5.74, 6) is 0.464. The third-order valence-corrected chi connectivity index (χ3v) is 4.38. The van der Waals surface area contributed by atoms with Gasteiger partial charge < -0.3 is 10.5 Å². The lowest BCUT2D eigenvalue weighted by Crippen LogP contribution is -2.02. The standard InChI is InChI=1S/C15H17N3OS/c1-2-19-14-13(16)15(18-9-17-14)20-12-7-6-10-4-3-5-11(10)8-12/h6-9H,2-5,16H2,1H3. The first-order chi connectivity index (χ1) is 9.78. The normalized spacial score (nSPS) is 13.2. The summed E-state index contributed by atoms with van der Waals surface area (Å²) in [6.07, 6.45) is 5.13. The second-order valence-corrected chi connectivity index (χ2v) is 5.78. The molecular weight excluding hydrogens is 270 g/mol. The first-order valence-electron chi connectivity index (χ1n) is 6.81. The second kappa shape index (κ2) is 5.71. The Balaban J connectivity index is 1.86. The summed E-state index contributed by atoms with van der Waals surface area (Å²) in [4.78, 5) is 9.48. The molecule has 0 atom stereocenters. The molecule has 0 fully saturated rings. The summed E-state index contributed by atoms with van der Waals surface area (Å²) in [7, 11) is 0. The molecule has 0 bridgehead atoms. The van der Waals surface area contributed by atoms with Gasteiger partial charge in [-0.3, -0.25) is 0 Å². The Morgan fingerprint density at radius 3 is 2.95 bits per heavy atom. The largest absolute Gasteiger partial charge is 0.476 e. The van der Waals surface area contributed by atoms with E-state index >= 15 is 0 Å². The summed E-state index contributed by atoms with van der Waals surface area (Å²) in [6, 6.07) is 6.59. The Bertz CT molecular complexity index is 631. The highest BCUT2D eigenvalue weighted by atomic mass is 32.2. The Morgan fingerprint density at radius 1 is 1.25 bits per heavy atom. The fraction of sp³-hybridized carbons (Fsp3) is 0.333. The molecule has 1 aromatic heterocycles. The van der Waals surface area contributed by atoms with Crippen LogP contribution in [0, 0.1) is 0 Å². The first-order valence-corrected chi connectivity index (χ1v) is 7.62. The van der Waals surface area contributed by atoms with E-state index in [0.717, 1.165) is 5.03 Å².